The number of nitrogens with zero attached hydrogens (tertiary/aromatic N) is 1. The smallest absolute Gasteiger partial charge is 0.348 e. The molecule has 0 unspecified atom stereocenters. The monoisotopic (exact) mass is 364 g/mol. The van der Waals surface area contributed by atoms with Gasteiger partial charge in [0.1, 0.15) is 5.78 Å². The highest BCUT2D eigenvalue weighted by molar-refractivity contribution is 5.94. The van der Waals surface area contributed by atoms with Gasteiger partial charge in [0.05, 0.1) is 5.56 Å². The maximum Gasteiger partial charge on any atom is 0.416 e. The molecular weight excluding hydrogens is 345 g/mol. The summed E-state index contributed by atoms with van der Waals surface area (Å²) in [7, 11) is 0. The summed E-state index contributed by atoms with van der Waals surface area (Å²) in [5.74, 6) is -0.558. The van der Waals surface area contributed by atoms with Crippen LogP contribution in [0.4, 0.5) is 13.2 Å². The van der Waals surface area contributed by atoms with Crippen LogP contribution in [0.5, 0.6) is 0 Å². The Morgan fingerprint density at radius 3 is 2.54 bits per heavy atom. The Bertz CT molecular complexity index is 801. The molecule has 0 atom stereocenters. The molecule has 1 amide bonds. The molecule has 1 N–H and O–H groups in total. The van der Waals surface area contributed by atoms with E-state index in [1.54, 1.807) is 13.8 Å². The normalized spacial score (nSPS) is 11.5. The second-order valence-corrected chi connectivity index (χ2v) is 6.21. The molecular formula is C19H19F3N2O2. The van der Waals surface area contributed by atoms with Crippen LogP contribution < -0.4 is 5.32 Å². The fourth-order valence-electron chi connectivity index (χ4n) is 2.24. The molecule has 0 aliphatic carbocycles. The minimum absolute atomic E-state index is 0.0130. The highest BCUT2D eigenvalue weighted by Gasteiger charge is 2.30. The van der Waals surface area contributed by atoms with Gasteiger partial charge in [-0.2, -0.15) is 13.2 Å². The van der Waals surface area contributed by atoms with E-state index in [1.165, 1.54) is 30.5 Å². The molecule has 7 heteroatoms. The SMILES string of the molecule is CC(C)C(=O)Cc1cc(C(=O)NCc2cccc(C(F)(F)F)c2)ccn1. The van der Waals surface area contributed by atoms with Gasteiger partial charge in [-0.25, -0.2) is 0 Å². The van der Waals surface area contributed by atoms with E-state index in [9.17, 15) is 22.8 Å². The molecule has 138 valence electrons. The Morgan fingerprint density at radius 2 is 1.88 bits per heavy atom. The number of nitrogens with one attached hydrogen (secondary N) is 1. The van der Waals surface area contributed by atoms with E-state index in [4.69, 9.17) is 0 Å². The van der Waals surface area contributed by atoms with Crippen LogP contribution in [0.25, 0.3) is 0 Å². The number of aromatic nitrogens is 1. The molecule has 4 nitrogen and oxygen atoms in total. The first-order valence-corrected chi connectivity index (χ1v) is 8.09. The molecule has 1 heterocycles. The summed E-state index contributed by atoms with van der Waals surface area (Å²) in [5.41, 5.74) is 0.369. The first-order chi connectivity index (χ1) is 12.2. The van der Waals surface area contributed by atoms with E-state index >= 15 is 0 Å². The first kappa shape index (κ1) is 19.6. The molecule has 0 saturated heterocycles. The number of hydrogen-bond acceptors (Lipinski definition) is 3. The van der Waals surface area contributed by atoms with Crippen molar-refractivity contribution in [1.29, 1.82) is 0 Å². The number of carbonyl (C=O) groups is 2. The van der Waals surface area contributed by atoms with Gasteiger partial charge >= 0.3 is 6.18 Å². The van der Waals surface area contributed by atoms with Gasteiger partial charge in [0.2, 0.25) is 0 Å². The highest BCUT2D eigenvalue weighted by Crippen LogP contribution is 2.29. The second-order valence-electron chi connectivity index (χ2n) is 6.21. The van der Waals surface area contributed by atoms with E-state index in [1.807, 2.05) is 0 Å². The van der Waals surface area contributed by atoms with Crippen molar-refractivity contribution in [2.75, 3.05) is 0 Å². The van der Waals surface area contributed by atoms with Crippen molar-refractivity contribution in [2.45, 2.75) is 33.0 Å². The van der Waals surface area contributed by atoms with Gasteiger partial charge < -0.3 is 5.32 Å². The molecule has 1 aromatic heterocycles. The number of pyridine rings is 1. The molecule has 26 heavy (non-hydrogen) atoms. The first-order valence-electron chi connectivity index (χ1n) is 8.09. The zero-order valence-corrected chi connectivity index (χ0v) is 14.4. The lowest BCUT2D eigenvalue weighted by Gasteiger charge is -2.10. The van der Waals surface area contributed by atoms with E-state index in [0.717, 1.165) is 12.1 Å². The van der Waals surface area contributed by atoms with Gasteiger partial charge in [0, 0.05) is 36.3 Å². The van der Waals surface area contributed by atoms with Crippen molar-refractivity contribution in [3.8, 4) is 0 Å². The van der Waals surface area contributed by atoms with Gasteiger partial charge in [-0.1, -0.05) is 26.0 Å². The number of rotatable bonds is 6. The fraction of sp³-hybridized carbons (Fsp3) is 0.316. The lowest BCUT2D eigenvalue weighted by molar-refractivity contribution is -0.137. The van der Waals surface area contributed by atoms with Crippen LogP contribution in [0.3, 0.4) is 0 Å². The number of hydrogen-bond donors (Lipinski definition) is 1. The molecule has 2 aromatic rings. The van der Waals surface area contributed by atoms with Crippen molar-refractivity contribution >= 4 is 11.7 Å². The molecule has 0 bridgehead atoms. The van der Waals surface area contributed by atoms with Crippen LogP contribution in [0.2, 0.25) is 0 Å². The average Bonchev–Trinajstić information content (AvgIpc) is 2.59. The lowest BCUT2D eigenvalue weighted by atomic mass is 10.0. The third kappa shape index (κ3) is 5.40. The molecule has 0 spiro atoms. The molecule has 0 aliphatic rings. The minimum atomic E-state index is -4.43. The van der Waals surface area contributed by atoms with Gasteiger partial charge in [-0.3, -0.25) is 14.6 Å². The number of ketones is 1. The Balaban J connectivity index is 2.03. The Hall–Kier alpha value is -2.70. The topological polar surface area (TPSA) is 59.1 Å². The Labute approximate surface area is 149 Å². The third-order valence-electron chi connectivity index (χ3n) is 3.79. The predicted octanol–water partition coefficient (Wildman–Crippen LogP) is 3.80. The van der Waals surface area contributed by atoms with Crippen LogP contribution >= 0.6 is 0 Å². The largest absolute Gasteiger partial charge is 0.416 e. The summed E-state index contributed by atoms with van der Waals surface area (Å²) in [5, 5.41) is 2.58. The molecule has 0 saturated carbocycles. The summed E-state index contributed by atoms with van der Waals surface area (Å²) in [4.78, 5) is 28.1. The third-order valence-corrected chi connectivity index (χ3v) is 3.79. The van der Waals surface area contributed by atoms with Crippen LogP contribution in [0.15, 0.2) is 42.6 Å². The van der Waals surface area contributed by atoms with Crippen LogP contribution in [0, 0.1) is 5.92 Å². The maximum absolute atomic E-state index is 12.7. The van der Waals surface area contributed by atoms with Crippen molar-refractivity contribution in [3.63, 3.8) is 0 Å². The number of carbonyl (C=O) groups excluding carboxylic acids is 2. The molecule has 1 aromatic carbocycles. The zero-order chi connectivity index (χ0) is 19.3. The standard InChI is InChI=1S/C19H19F3N2O2/c1-12(2)17(25)10-16-9-14(6-7-23-16)18(26)24-11-13-4-3-5-15(8-13)19(20,21)22/h3-9,12H,10-11H2,1-2H3,(H,24,26). The quantitative estimate of drug-likeness (QED) is 0.848. The van der Waals surface area contributed by atoms with Crippen LogP contribution in [-0.2, 0) is 23.9 Å². The van der Waals surface area contributed by atoms with Crippen molar-refractivity contribution in [3.05, 3.63) is 65.0 Å². The minimum Gasteiger partial charge on any atom is -0.348 e. The molecule has 0 fully saturated rings. The summed E-state index contributed by atoms with van der Waals surface area (Å²) in [6.07, 6.45) is -2.86. The number of Topliss-reactive ketones (excluding diaryl/α,β-unsaturated/α-hetero) is 1. The summed E-state index contributed by atoms with van der Waals surface area (Å²) in [6.45, 7) is 3.53. The highest BCUT2D eigenvalue weighted by atomic mass is 19.4. The zero-order valence-electron chi connectivity index (χ0n) is 14.4. The van der Waals surface area contributed by atoms with E-state index < -0.39 is 17.6 Å². The molecule has 0 radical (unpaired) electrons. The van der Waals surface area contributed by atoms with Crippen molar-refractivity contribution in [1.82, 2.24) is 10.3 Å². The molecule has 2 rings (SSSR count). The lowest BCUT2D eigenvalue weighted by Crippen LogP contribution is -2.23. The Kier molecular flexibility index (Phi) is 6.13. The van der Waals surface area contributed by atoms with Crippen molar-refractivity contribution < 1.29 is 22.8 Å². The van der Waals surface area contributed by atoms with E-state index in [2.05, 4.69) is 10.3 Å². The van der Waals surface area contributed by atoms with Crippen molar-refractivity contribution in [2.24, 2.45) is 5.92 Å². The van der Waals surface area contributed by atoms with Gasteiger partial charge in [0.15, 0.2) is 0 Å². The average molecular weight is 364 g/mol. The number of benzene rings is 1. The van der Waals surface area contributed by atoms with Crippen LogP contribution in [0.1, 0.15) is 41.0 Å². The van der Waals surface area contributed by atoms with E-state index in [-0.39, 0.29) is 24.7 Å². The fourth-order valence-corrected chi connectivity index (χ4v) is 2.24. The predicted molar refractivity (Wildman–Crippen MR) is 90.4 cm³/mol. The Morgan fingerprint density at radius 1 is 1.15 bits per heavy atom. The van der Waals surface area contributed by atoms with Gasteiger partial charge in [-0.05, 0) is 29.8 Å². The summed E-state index contributed by atoms with van der Waals surface area (Å²) < 4.78 is 38.1. The number of amides is 1. The van der Waals surface area contributed by atoms with Gasteiger partial charge in [-0.15, -0.1) is 0 Å². The van der Waals surface area contributed by atoms with Crippen LogP contribution in [-0.4, -0.2) is 16.7 Å². The summed E-state index contributed by atoms with van der Waals surface area (Å²) in [6, 6.07) is 7.79. The molecule has 0 aliphatic heterocycles. The summed E-state index contributed by atoms with van der Waals surface area (Å²) >= 11 is 0. The second kappa shape index (κ2) is 8.12. The van der Waals surface area contributed by atoms with E-state index in [0.29, 0.717) is 16.8 Å². The number of halogens is 3. The maximum atomic E-state index is 12.7. The van der Waals surface area contributed by atoms with Gasteiger partial charge in [0.25, 0.3) is 5.91 Å². The number of alkyl halides is 3.